The molecule has 1 heterocycles. The van der Waals surface area contributed by atoms with E-state index < -0.39 is 0 Å². The Labute approximate surface area is 81.7 Å². The minimum absolute atomic E-state index is 0.118. The molecule has 0 fully saturated rings. The maximum Gasteiger partial charge on any atom is 0.182 e. The first-order chi connectivity index (χ1) is 6.24. The van der Waals surface area contributed by atoms with Crippen LogP contribution in [-0.4, -0.2) is 5.84 Å². The van der Waals surface area contributed by atoms with Gasteiger partial charge in [-0.1, -0.05) is 0 Å². The maximum atomic E-state index is 8.34. The maximum absolute atomic E-state index is 8.34. The molecule has 1 unspecified atom stereocenters. The predicted octanol–water partition coefficient (Wildman–Crippen LogP) is 2.30. The summed E-state index contributed by atoms with van der Waals surface area (Å²) in [5.74, 6) is 0.654. The molecule has 0 aliphatic carbocycles. The van der Waals surface area contributed by atoms with Crippen LogP contribution in [0.4, 0.5) is 0 Å². The van der Waals surface area contributed by atoms with Gasteiger partial charge in [0.15, 0.2) is 6.19 Å². The zero-order valence-corrected chi connectivity index (χ0v) is 8.43. The van der Waals surface area contributed by atoms with Gasteiger partial charge in [-0.05, 0) is 36.2 Å². The molecule has 0 saturated carbocycles. The van der Waals surface area contributed by atoms with E-state index >= 15 is 0 Å². The normalized spacial score (nSPS) is 13.5. The molecule has 0 bridgehead atoms. The van der Waals surface area contributed by atoms with Crippen LogP contribution in [0.5, 0.6) is 0 Å². The van der Waals surface area contributed by atoms with Gasteiger partial charge in [-0.25, -0.2) is 0 Å². The average molecular weight is 193 g/mol. The van der Waals surface area contributed by atoms with E-state index in [1.54, 1.807) is 18.3 Å². The van der Waals surface area contributed by atoms with Crippen LogP contribution in [0, 0.1) is 11.5 Å². The highest BCUT2D eigenvalue weighted by Gasteiger charge is 2.03. The monoisotopic (exact) mass is 193 g/mol. The highest BCUT2D eigenvalue weighted by atomic mass is 32.1. The first-order valence-corrected chi connectivity index (χ1v) is 4.90. The lowest BCUT2D eigenvalue weighted by Gasteiger charge is -2.04. The fourth-order valence-corrected chi connectivity index (χ4v) is 1.74. The SMILES string of the molecule is CC(=NC(C)c1ccsc1)NC#N. The van der Waals surface area contributed by atoms with Crippen molar-refractivity contribution in [3.05, 3.63) is 22.4 Å². The summed E-state index contributed by atoms with van der Waals surface area (Å²) in [5, 5.41) is 14.9. The summed E-state index contributed by atoms with van der Waals surface area (Å²) in [7, 11) is 0. The van der Waals surface area contributed by atoms with Crippen LogP contribution in [0.15, 0.2) is 21.8 Å². The first kappa shape index (κ1) is 9.75. The second-order valence-electron chi connectivity index (χ2n) is 2.68. The number of aliphatic imine (C=N–C) groups is 1. The van der Waals surface area contributed by atoms with Crippen molar-refractivity contribution in [2.75, 3.05) is 0 Å². The third kappa shape index (κ3) is 2.88. The Kier molecular flexibility index (Phi) is 3.47. The Bertz CT molecular complexity index is 321. The fourth-order valence-electron chi connectivity index (χ4n) is 0.991. The van der Waals surface area contributed by atoms with E-state index in [2.05, 4.69) is 15.7 Å². The van der Waals surface area contributed by atoms with E-state index in [9.17, 15) is 0 Å². The number of hydrogen-bond donors (Lipinski definition) is 1. The summed E-state index contributed by atoms with van der Waals surface area (Å²) >= 11 is 1.65. The summed E-state index contributed by atoms with van der Waals surface area (Å²) in [5.41, 5.74) is 1.18. The van der Waals surface area contributed by atoms with Gasteiger partial charge in [-0.15, -0.1) is 0 Å². The summed E-state index contributed by atoms with van der Waals surface area (Å²) in [6, 6.07) is 2.16. The third-order valence-corrected chi connectivity index (χ3v) is 2.35. The van der Waals surface area contributed by atoms with Crippen LogP contribution in [0.1, 0.15) is 25.5 Å². The van der Waals surface area contributed by atoms with E-state index in [0.29, 0.717) is 5.84 Å². The molecule has 1 rings (SSSR count). The summed E-state index contributed by atoms with van der Waals surface area (Å²) < 4.78 is 0. The molecule has 0 radical (unpaired) electrons. The van der Waals surface area contributed by atoms with Crippen LogP contribution in [0.25, 0.3) is 0 Å². The van der Waals surface area contributed by atoms with Crippen LogP contribution < -0.4 is 5.32 Å². The van der Waals surface area contributed by atoms with Gasteiger partial charge < -0.3 is 0 Å². The fraction of sp³-hybridized carbons (Fsp3) is 0.333. The van der Waals surface area contributed by atoms with Gasteiger partial charge >= 0.3 is 0 Å². The first-order valence-electron chi connectivity index (χ1n) is 3.95. The van der Waals surface area contributed by atoms with E-state index in [-0.39, 0.29) is 6.04 Å². The average Bonchev–Trinajstić information content (AvgIpc) is 2.55. The van der Waals surface area contributed by atoms with Crippen LogP contribution >= 0.6 is 11.3 Å². The van der Waals surface area contributed by atoms with Crippen molar-refractivity contribution >= 4 is 17.2 Å². The molecule has 0 amide bonds. The van der Waals surface area contributed by atoms with Crippen LogP contribution in [-0.2, 0) is 0 Å². The van der Waals surface area contributed by atoms with Gasteiger partial charge in [0.25, 0.3) is 0 Å². The van der Waals surface area contributed by atoms with Crippen molar-refractivity contribution in [3.8, 4) is 6.19 Å². The lowest BCUT2D eigenvalue weighted by Crippen LogP contribution is -2.14. The number of amidine groups is 1. The van der Waals surface area contributed by atoms with Gasteiger partial charge in [0.05, 0.1) is 6.04 Å². The summed E-state index contributed by atoms with van der Waals surface area (Å²) in [6.45, 7) is 3.79. The van der Waals surface area contributed by atoms with E-state index in [0.717, 1.165) is 0 Å². The summed E-state index contributed by atoms with van der Waals surface area (Å²) in [4.78, 5) is 4.30. The van der Waals surface area contributed by atoms with E-state index in [4.69, 9.17) is 5.26 Å². The second kappa shape index (κ2) is 4.63. The Balaban J connectivity index is 2.65. The van der Waals surface area contributed by atoms with Gasteiger partial charge in [-0.2, -0.15) is 16.6 Å². The zero-order valence-electron chi connectivity index (χ0n) is 7.61. The Morgan fingerprint density at radius 3 is 3.08 bits per heavy atom. The standard InChI is InChI=1S/C9H11N3S/c1-7(9-3-4-13-5-9)12-8(2)11-6-10/h3-5,7H,1-2H3,(H,11,12). The molecular formula is C9H11N3S. The third-order valence-electron chi connectivity index (χ3n) is 1.65. The largest absolute Gasteiger partial charge is 0.281 e. The highest BCUT2D eigenvalue weighted by molar-refractivity contribution is 7.07. The van der Waals surface area contributed by atoms with Gasteiger partial charge in [0.1, 0.15) is 5.84 Å². The number of thiophene rings is 1. The molecule has 68 valence electrons. The van der Waals surface area contributed by atoms with Crippen molar-refractivity contribution in [1.82, 2.24) is 5.32 Å². The molecular weight excluding hydrogens is 182 g/mol. The number of rotatable bonds is 2. The molecule has 0 aromatic carbocycles. The molecule has 0 spiro atoms. The molecule has 3 nitrogen and oxygen atoms in total. The van der Waals surface area contributed by atoms with Crippen molar-refractivity contribution in [2.45, 2.75) is 19.9 Å². The van der Waals surface area contributed by atoms with Crippen molar-refractivity contribution in [1.29, 1.82) is 5.26 Å². The lowest BCUT2D eigenvalue weighted by atomic mass is 10.2. The van der Waals surface area contributed by atoms with E-state index in [1.807, 2.05) is 24.6 Å². The minimum atomic E-state index is 0.118. The quantitative estimate of drug-likeness (QED) is 0.339. The number of nitrogens with zero attached hydrogens (tertiary/aromatic N) is 2. The smallest absolute Gasteiger partial charge is 0.182 e. The molecule has 1 aromatic heterocycles. The molecule has 13 heavy (non-hydrogen) atoms. The topological polar surface area (TPSA) is 48.2 Å². The molecule has 0 aliphatic heterocycles. The predicted molar refractivity (Wildman–Crippen MR) is 54.6 cm³/mol. The number of nitrogens with one attached hydrogen (secondary N) is 1. The molecule has 1 atom stereocenters. The molecule has 1 N–H and O–H groups in total. The van der Waals surface area contributed by atoms with Gasteiger partial charge in [0.2, 0.25) is 0 Å². The van der Waals surface area contributed by atoms with Crippen molar-refractivity contribution in [3.63, 3.8) is 0 Å². The number of hydrogen-bond acceptors (Lipinski definition) is 3. The minimum Gasteiger partial charge on any atom is -0.281 e. The van der Waals surface area contributed by atoms with Gasteiger partial charge in [0, 0.05) is 0 Å². The highest BCUT2D eigenvalue weighted by Crippen LogP contribution is 2.18. The lowest BCUT2D eigenvalue weighted by molar-refractivity contribution is 0.817. The van der Waals surface area contributed by atoms with Crippen LogP contribution in [0.3, 0.4) is 0 Å². The van der Waals surface area contributed by atoms with Gasteiger partial charge in [-0.3, -0.25) is 10.3 Å². The van der Waals surface area contributed by atoms with Crippen LogP contribution in [0.2, 0.25) is 0 Å². The molecule has 4 heteroatoms. The summed E-state index contributed by atoms with van der Waals surface area (Å²) in [6.07, 6.45) is 1.84. The Morgan fingerprint density at radius 2 is 2.54 bits per heavy atom. The van der Waals surface area contributed by atoms with E-state index in [1.165, 1.54) is 5.56 Å². The zero-order chi connectivity index (χ0) is 9.68. The van der Waals surface area contributed by atoms with Crippen molar-refractivity contribution < 1.29 is 0 Å². The number of nitriles is 1. The Morgan fingerprint density at radius 1 is 1.77 bits per heavy atom. The Hall–Kier alpha value is -1.34. The van der Waals surface area contributed by atoms with Crippen molar-refractivity contribution in [2.24, 2.45) is 4.99 Å². The molecule has 1 aromatic rings. The molecule has 0 aliphatic rings. The molecule has 0 saturated heterocycles. The second-order valence-corrected chi connectivity index (χ2v) is 3.46.